The molecule has 2 N–H and O–H groups in total. The number of hydrogen-bond acceptors (Lipinski definition) is 3. The molecule has 1 aliphatic carbocycles. The summed E-state index contributed by atoms with van der Waals surface area (Å²) in [7, 11) is 0. The molecule has 2 rings (SSSR count). The molecular formula is C13H13F2NO3S. The Bertz CT molecular complexity index is 546. The molecule has 1 aromatic carbocycles. The molecule has 1 fully saturated rings. The van der Waals surface area contributed by atoms with Gasteiger partial charge in [0, 0.05) is 4.90 Å². The highest BCUT2D eigenvalue weighted by molar-refractivity contribution is 8.00. The number of nitrogens with one attached hydrogen (secondary N) is 1. The summed E-state index contributed by atoms with van der Waals surface area (Å²) in [6, 6.07) is 3.36. The van der Waals surface area contributed by atoms with Gasteiger partial charge in [-0.2, -0.15) is 0 Å². The van der Waals surface area contributed by atoms with Gasteiger partial charge in [0.15, 0.2) is 11.6 Å². The molecule has 0 radical (unpaired) electrons. The minimum Gasteiger partial charge on any atom is -0.480 e. The highest BCUT2D eigenvalue weighted by atomic mass is 32.2. The molecule has 4 nitrogen and oxygen atoms in total. The first-order valence-electron chi connectivity index (χ1n) is 6.05. The summed E-state index contributed by atoms with van der Waals surface area (Å²) >= 11 is 1.03. The number of aliphatic carboxylic acids is 1. The Kier molecular flexibility index (Phi) is 4.27. The predicted molar refractivity (Wildman–Crippen MR) is 69.4 cm³/mol. The summed E-state index contributed by atoms with van der Waals surface area (Å²) in [5, 5.41) is 11.6. The predicted octanol–water partition coefficient (Wildman–Crippen LogP) is 2.18. The van der Waals surface area contributed by atoms with Crippen molar-refractivity contribution in [3.05, 3.63) is 29.8 Å². The SMILES string of the molecule is O=C(CSc1ccc(F)c(F)c1)NC1(C(=O)O)CCC1. The van der Waals surface area contributed by atoms with Crippen LogP contribution >= 0.6 is 11.8 Å². The van der Waals surface area contributed by atoms with Gasteiger partial charge < -0.3 is 10.4 Å². The van der Waals surface area contributed by atoms with Crippen LogP contribution in [0.1, 0.15) is 19.3 Å². The van der Waals surface area contributed by atoms with E-state index in [1.54, 1.807) is 0 Å². The first-order valence-corrected chi connectivity index (χ1v) is 7.04. The molecule has 1 saturated carbocycles. The van der Waals surface area contributed by atoms with E-state index in [1.807, 2.05) is 0 Å². The van der Waals surface area contributed by atoms with E-state index in [2.05, 4.69) is 5.32 Å². The van der Waals surface area contributed by atoms with Gasteiger partial charge in [0.25, 0.3) is 0 Å². The van der Waals surface area contributed by atoms with Crippen LogP contribution in [-0.2, 0) is 9.59 Å². The van der Waals surface area contributed by atoms with Gasteiger partial charge in [-0.1, -0.05) is 0 Å². The molecule has 0 aliphatic heterocycles. The van der Waals surface area contributed by atoms with Crippen LogP contribution < -0.4 is 5.32 Å². The molecule has 1 aromatic rings. The Morgan fingerprint density at radius 2 is 2.00 bits per heavy atom. The molecule has 1 amide bonds. The molecule has 0 unspecified atom stereocenters. The van der Waals surface area contributed by atoms with Gasteiger partial charge in [-0.15, -0.1) is 11.8 Å². The number of hydrogen-bond donors (Lipinski definition) is 2. The molecule has 0 heterocycles. The maximum absolute atomic E-state index is 13.0. The summed E-state index contributed by atoms with van der Waals surface area (Å²) in [5.41, 5.74) is -1.15. The van der Waals surface area contributed by atoms with Crippen molar-refractivity contribution < 1.29 is 23.5 Å². The maximum Gasteiger partial charge on any atom is 0.329 e. The number of carbonyl (C=O) groups is 2. The smallest absolute Gasteiger partial charge is 0.329 e. The van der Waals surface area contributed by atoms with E-state index in [0.29, 0.717) is 17.7 Å². The molecular weight excluding hydrogens is 288 g/mol. The van der Waals surface area contributed by atoms with E-state index in [9.17, 15) is 18.4 Å². The molecule has 0 aromatic heterocycles. The lowest BCUT2D eigenvalue weighted by molar-refractivity contribution is -0.151. The van der Waals surface area contributed by atoms with E-state index in [4.69, 9.17) is 5.11 Å². The minimum atomic E-state index is -1.15. The Hall–Kier alpha value is -1.63. The molecule has 0 atom stereocenters. The van der Waals surface area contributed by atoms with E-state index < -0.39 is 29.0 Å². The zero-order chi connectivity index (χ0) is 14.8. The summed E-state index contributed by atoms with van der Waals surface area (Å²) < 4.78 is 25.7. The summed E-state index contributed by atoms with van der Waals surface area (Å²) in [4.78, 5) is 23.2. The molecule has 0 spiro atoms. The number of carbonyl (C=O) groups excluding carboxylic acids is 1. The second-order valence-corrected chi connectivity index (χ2v) is 5.70. The fraction of sp³-hybridized carbons (Fsp3) is 0.385. The van der Waals surface area contributed by atoms with Crippen LogP contribution in [0.25, 0.3) is 0 Å². The van der Waals surface area contributed by atoms with Crippen molar-refractivity contribution in [1.82, 2.24) is 5.32 Å². The van der Waals surface area contributed by atoms with Crippen LogP contribution in [0, 0.1) is 11.6 Å². The zero-order valence-corrected chi connectivity index (χ0v) is 11.3. The van der Waals surface area contributed by atoms with Gasteiger partial charge in [-0.3, -0.25) is 4.79 Å². The number of amides is 1. The van der Waals surface area contributed by atoms with Crippen LogP contribution in [0.4, 0.5) is 8.78 Å². The van der Waals surface area contributed by atoms with Crippen LogP contribution in [0.5, 0.6) is 0 Å². The number of benzene rings is 1. The lowest BCUT2D eigenvalue weighted by Gasteiger charge is -2.38. The van der Waals surface area contributed by atoms with Gasteiger partial charge in [-0.25, -0.2) is 13.6 Å². The lowest BCUT2D eigenvalue weighted by Crippen LogP contribution is -2.59. The second-order valence-electron chi connectivity index (χ2n) is 4.65. The number of thioether (sulfide) groups is 1. The van der Waals surface area contributed by atoms with Crippen molar-refractivity contribution >= 4 is 23.6 Å². The molecule has 7 heteroatoms. The highest BCUT2D eigenvalue weighted by Crippen LogP contribution is 2.32. The van der Waals surface area contributed by atoms with E-state index in [-0.39, 0.29) is 5.75 Å². The molecule has 1 aliphatic rings. The van der Waals surface area contributed by atoms with Crippen LogP contribution in [-0.4, -0.2) is 28.3 Å². The fourth-order valence-corrected chi connectivity index (χ4v) is 2.66. The maximum atomic E-state index is 13.0. The Morgan fingerprint density at radius 3 is 2.50 bits per heavy atom. The lowest BCUT2D eigenvalue weighted by atomic mass is 9.77. The largest absolute Gasteiger partial charge is 0.480 e. The third-order valence-electron chi connectivity index (χ3n) is 3.26. The third-order valence-corrected chi connectivity index (χ3v) is 4.25. The number of carboxylic acids is 1. The minimum absolute atomic E-state index is 0.0416. The second kappa shape index (κ2) is 5.78. The monoisotopic (exact) mass is 301 g/mol. The van der Waals surface area contributed by atoms with Crippen LogP contribution in [0.15, 0.2) is 23.1 Å². The van der Waals surface area contributed by atoms with Gasteiger partial charge in [0.05, 0.1) is 5.75 Å². The van der Waals surface area contributed by atoms with Crippen molar-refractivity contribution in [2.75, 3.05) is 5.75 Å². The molecule has 0 saturated heterocycles. The molecule has 108 valence electrons. The first kappa shape index (κ1) is 14.8. The zero-order valence-electron chi connectivity index (χ0n) is 10.5. The molecule has 0 bridgehead atoms. The van der Waals surface area contributed by atoms with Crippen molar-refractivity contribution in [2.24, 2.45) is 0 Å². The van der Waals surface area contributed by atoms with Gasteiger partial charge in [0.1, 0.15) is 5.54 Å². The average molecular weight is 301 g/mol. The number of rotatable bonds is 5. The number of halogens is 2. The van der Waals surface area contributed by atoms with Gasteiger partial charge in [-0.05, 0) is 37.5 Å². The average Bonchev–Trinajstić information content (AvgIpc) is 2.35. The third kappa shape index (κ3) is 3.09. The summed E-state index contributed by atoms with van der Waals surface area (Å²) in [5.74, 6) is -3.42. The van der Waals surface area contributed by atoms with E-state index in [0.717, 1.165) is 30.3 Å². The van der Waals surface area contributed by atoms with Crippen molar-refractivity contribution in [3.8, 4) is 0 Å². The Balaban J connectivity index is 1.89. The first-order chi connectivity index (χ1) is 9.43. The quantitative estimate of drug-likeness (QED) is 0.818. The Morgan fingerprint density at radius 1 is 1.30 bits per heavy atom. The molecule has 20 heavy (non-hydrogen) atoms. The number of carboxylic acid groups (broad SMARTS) is 1. The van der Waals surface area contributed by atoms with Gasteiger partial charge >= 0.3 is 5.97 Å². The summed E-state index contributed by atoms with van der Waals surface area (Å²) in [6.45, 7) is 0. The van der Waals surface area contributed by atoms with E-state index >= 15 is 0 Å². The van der Waals surface area contributed by atoms with Crippen molar-refractivity contribution in [2.45, 2.75) is 29.7 Å². The van der Waals surface area contributed by atoms with Crippen LogP contribution in [0.2, 0.25) is 0 Å². The topological polar surface area (TPSA) is 66.4 Å². The normalized spacial score (nSPS) is 16.3. The van der Waals surface area contributed by atoms with Crippen molar-refractivity contribution in [1.29, 1.82) is 0 Å². The van der Waals surface area contributed by atoms with Crippen molar-refractivity contribution in [3.63, 3.8) is 0 Å². The summed E-state index contributed by atoms with van der Waals surface area (Å²) in [6.07, 6.45) is 1.61. The fourth-order valence-electron chi connectivity index (χ4n) is 1.94. The Labute approximate surface area is 118 Å². The highest BCUT2D eigenvalue weighted by Gasteiger charge is 2.45. The standard InChI is InChI=1S/C13H13F2NO3S/c14-9-3-2-8(6-10(9)15)20-7-11(17)16-13(12(18)19)4-1-5-13/h2-3,6H,1,4-5,7H2,(H,16,17)(H,18,19). The van der Waals surface area contributed by atoms with Crippen LogP contribution in [0.3, 0.4) is 0 Å². The van der Waals surface area contributed by atoms with Gasteiger partial charge in [0.2, 0.25) is 5.91 Å². The van der Waals surface area contributed by atoms with E-state index in [1.165, 1.54) is 6.07 Å².